The Morgan fingerprint density at radius 3 is 2.47 bits per heavy atom. The number of halogens is 1. The second kappa shape index (κ2) is 8.64. The number of para-hydroxylation sites is 2. The molecule has 32 heavy (non-hydrogen) atoms. The Kier molecular flexibility index (Phi) is 5.90. The van der Waals surface area contributed by atoms with Crippen LogP contribution in [0.1, 0.15) is 17.3 Å². The van der Waals surface area contributed by atoms with Gasteiger partial charge in [-0.2, -0.15) is 0 Å². The number of rotatable bonds is 5. The number of fused-ring (bicyclic) bond motifs is 1. The highest BCUT2D eigenvalue weighted by Crippen LogP contribution is 2.37. The second-order valence-electron chi connectivity index (χ2n) is 7.19. The van der Waals surface area contributed by atoms with Crippen LogP contribution in [0.5, 0.6) is 5.75 Å². The van der Waals surface area contributed by atoms with Crippen molar-refractivity contribution >= 4 is 44.7 Å². The molecule has 0 saturated heterocycles. The Labute approximate surface area is 190 Å². The molecule has 0 aromatic heterocycles. The lowest BCUT2D eigenvalue weighted by Gasteiger charge is -2.34. The van der Waals surface area contributed by atoms with Crippen LogP contribution in [0, 0.1) is 0 Å². The number of hydrogen-bond acceptors (Lipinski definition) is 5. The van der Waals surface area contributed by atoms with Gasteiger partial charge in [-0.15, -0.1) is 0 Å². The fourth-order valence-electron chi connectivity index (χ4n) is 3.34. The van der Waals surface area contributed by atoms with Crippen molar-refractivity contribution in [2.24, 2.45) is 0 Å². The molecule has 0 aliphatic carbocycles. The van der Waals surface area contributed by atoms with E-state index in [4.69, 9.17) is 16.3 Å². The number of amides is 1. The SMILES string of the molecule is CC(=O)c1cccc(NC(=O)C2CN(S(=O)(=O)c3ccc(Cl)cc3)c3ccccc3O2)c1. The van der Waals surface area contributed by atoms with Crippen molar-refractivity contribution in [1.82, 2.24) is 0 Å². The Morgan fingerprint density at radius 1 is 1.03 bits per heavy atom. The molecule has 164 valence electrons. The number of carbonyl (C=O) groups is 2. The quantitative estimate of drug-likeness (QED) is 0.566. The molecule has 1 aliphatic rings. The summed E-state index contributed by atoms with van der Waals surface area (Å²) in [6, 6.07) is 18.9. The molecular formula is C23H19ClN2O5S. The highest BCUT2D eigenvalue weighted by Gasteiger charge is 2.37. The van der Waals surface area contributed by atoms with Crippen molar-refractivity contribution in [2.75, 3.05) is 16.2 Å². The first kappa shape index (κ1) is 21.9. The van der Waals surface area contributed by atoms with Crippen LogP contribution in [0.3, 0.4) is 0 Å². The largest absolute Gasteiger partial charge is 0.476 e. The zero-order chi connectivity index (χ0) is 22.9. The van der Waals surface area contributed by atoms with Gasteiger partial charge in [0.2, 0.25) is 0 Å². The van der Waals surface area contributed by atoms with Crippen molar-refractivity contribution < 1.29 is 22.7 Å². The highest BCUT2D eigenvalue weighted by atomic mass is 35.5. The number of carbonyl (C=O) groups excluding carboxylic acids is 2. The molecule has 1 aliphatic heterocycles. The van der Waals surface area contributed by atoms with Crippen molar-refractivity contribution in [1.29, 1.82) is 0 Å². The Bertz CT molecular complexity index is 1290. The molecule has 3 aromatic carbocycles. The third-order valence-corrected chi connectivity index (χ3v) is 7.01. The van der Waals surface area contributed by atoms with Crippen molar-refractivity contribution in [2.45, 2.75) is 17.9 Å². The second-order valence-corrected chi connectivity index (χ2v) is 9.49. The molecule has 1 N–H and O–H groups in total. The summed E-state index contributed by atoms with van der Waals surface area (Å²) >= 11 is 5.90. The van der Waals surface area contributed by atoms with Crippen molar-refractivity contribution in [3.8, 4) is 5.75 Å². The minimum atomic E-state index is -3.98. The minimum Gasteiger partial charge on any atom is -0.476 e. The Hall–Kier alpha value is -3.36. The normalized spacial score (nSPS) is 15.4. The first-order valence-electron chi connectivity index (χ1n) is 9.71. The molecule has 0 spiro atoms. The summed E-state index contributed by atoms with van der Waals surface area (Å²) in [5.74, 6) is -0.394. The molecule has 0 radical (unpaired) electrons. The van der Waals surface area contributed by atoms with E-state index in [0.29, 0.717) is 22.0 Å². The summed E-state index contributed by atoms with van der Waals surface area (Å²) in [7, 11) is -3.98. The Morgan fingerprint density at radius 2 is 1.75 bits per heavy atom. The Balaban J connectivity index is 1.65. The summed E-state index contributed by atoms with van der Waals surface area (Å²) in [5, 5.41) is 3.12. The molecule has 7 nitrogen and oxygen atoms in total. The predicted octanol–water partition coefficient (Wildman–Crippen LogP) is 4.14. The number of sulfonamides is 1. The molecule has 0 bridgehead atoms. The molecule has 4 rings (SSSR count). The van der Waals surface area contributed by atoms with Gasteiger partial charge in [0.15, 0.2) is 11.9 Å². The van der Waals surface area contributed by atoms with Crippen LogP contribution in [0.15, 0.2) is 77.7 Å². The van der Waals surface area contributed by atoms with Crippen molar-refractivity contribution in [3.63, 3.8) is 0 Å². The number of benzene rings is 3. The van der Waals surface area contributed by atoms with Crippen LogP contribution >= 0.6 is 11.6 Å². The summed E-state index contributed by atoms with van der Waals surface area (Å²) in [6.07, 6.45) is -1.10. The summed E-state index contributed by atoms with van der Waals surface area (Å²) in [6.45, 7) is 1.21. The molecule has 1 atom stereocenters. The lowest BCUT2D eigenvalue weighted by molar-refractivity contribution is -0.122. The molecule has 1 unspecified atom stereocenters. The topological polar surface area (TPSA) is 92.8 Å². The summed E-state index contributed by atoms with van der Waals surface area (Å²) in [4.78, 5) is 24.6. The molecule has 0 saturated carbocycles. The van der Waals surface area contributed by atoms with Crippen LogP contribution in [0.25, 0.3) is 0 Å². The van der Waals surface area contributed by atoms with Gasteiger partial charge in [-0.25, -0.2) is 8.42 Å². The zero-order valence-corrected chi connectivity index (χ0v) is 18.6. The molecule has 9 heteroatoms. The van der Waals surface area contributed by atoms with Gasteiger partial charge in [0.25, 0.3) is 15.9 Å². The van der Waals surface area contributed by atoms with Crippen LogP contribution in [-0.4, -0.2) is 32.8 Å². The number of ketones is 1. The summed E-state index contributed by atoms with van der Waals surface area (Å²) < 4.78 is 33.7. The number of Topliss-reactive ketones (excluding diaryl/α,β-unsaturated/α-hetero) is 1. The van der Waals surface area contributed by atoms with Crippen LogP contribution in [0.4, 0.5) is 11.4 Å². The van der Waals surface area contributed by atoms with Gasteiger partial charge in [-0.05, 0) is 55.5 Å². The van der Waals surface area contributed by atoms with Crippen LogP contribution in [0.2, 0.25) is 5.02 Å². The van der Waals surface area contributed by atoms with E-state index in [2.05, 4.69) is 5.32 Å². The number of ether oxygens (including phenoxy) is 1. The van der Waals surface area contributed by atoms with E-state index in [0.717, 1.165) is 4.31 Å². The van der Waals surface area contributed by atoms with Gasteiger partial charge < -0.3 is 10.1 Å². The first-order valence-corrected chi connectivity index (χ1v) is 11.5. The van der Waals surface area contributed by atoms with Gasteiger partial charge >= 0.3 is 0 Å². The number of nitrogens with one attached hydrogen (secondary N) is 1. The molecular weight excluding hydrogens is 452 g/mol. The van der Waals surface area contributed by atoms with Gasteiger partial charge in [0.1, 0.15) is 5.75 Å². The van der Waals surface area contributed by atoms with E-state index >= 15 is 0 Å². The maximum Gasteiger partial charge on any atom is 0.267 e. The lowest BCUT2D eigenvalue weighted by Crippen LogP contribution is -2.48. The fourth-order valence-corrected chi connectivity index (χ4v) is 4.94. The average molecular weight is 471 g/mol. The number of nitrogens with zero attached hydrogens (tertiary/aromatic N) is 1. The van der Waals surface area contributed by atoms with E-state index in [1.165, 1.54) is 31.2 Å². The lowest BCUT2D eigenvalue weighted by atomic mass is 10.1. The maximum absolute atomic E-state index is 13.4. The molecule has 3 aromatic rings. The van der Waals surface area contributed by atoms with Gasteiger partial charge in [-0.1, -0.05) is 35.9 Å². The van der Waals surface area contributed by atoms with E-state index in [1.807, 2.05) is 0 Å². The van der Waals surface area contributed by atoms with Gasteiger partial charge in [0.05, 0.1) is 17.1 Å². The summed E-state index contributed by atoms with van der Waals surface area (Å²) in [5.41, 5.74) is 1.20. The van der Waals surface area contributed by atoms with Crippen LogP contribution < -0.4 is 14.4 Å². The third kappa shape index (κ3) is 4.32. The zero-order valence-electron chi connectivity index (χ0n) is 17.0. The van der Waals surface area contributed by atoms with Gasteiger partial charge in [-0.3, -0.25) is 13.9 Å². The third-order valence-electron chi connectivity index (χ3n) is 4.97. The molecule has 1 heterocycles. The smallest absolute Gasteiger partial charge is 0.267 e. The van der Waals surface area contributed by atoms with E-state index < -0.39 is 22.0 Å². The van der Waals surface area contributed by atoms with Crippen LogP contribution in [-0.2, 0) is 14.8 Å². The van der Waals surface area contributed by atoms with E-state index in [-0.39, 0.29) is 23.0 Å². The standard InChI is InChI=1S/C23H19ClN2O5S/c1-15(27)16-5-4-6-18(13-16)25-23(28)22-14-26(20-7-2-3-8-21(20)31-22)32(29,30)19-11-9-17(24)10-12-19/h2-13,22H,14H2,1H3,(H,25,28). The average Bonchev–Trinajstić information content (AvgIpc) is 2.78. The highest BCUT2D eigenvalue weighted by molar-refractivity contribution is 7.92. The maximum atomic E-state index is 13.4. The molecule has 1 amide bonds. The fraction of sp³-hybridized carbons (Fsp3) is 0.130. The minimum absolute atomic E-state index is 0.0481. The van der Waals surface area contributed by atoms with Crippen molar-refractivity contribution in [3.05, 3.63) is 83.4 Å². The predicted molar refractivity (Wildman–Crippen MR) is 122 cm³/mol. The molecule has 0 fully saturated rings. The monoisotopic (exact) mass is 470 g/mol. The number of hydrogen-bond donors (Lipinski definition) is 1. The van der Waals surface area contributed by atoms with E-state index in [9.17, 15) is 18.0 Å². The first-order chi connectivity index (χ1) is 15.3. The van der Waals surface area contributed by atoms with Gasteiger partial charge in [0, 0.05) is 16.3 Å². The number of anilines is 2. The van der Waals surface area contributed by atoms with E-state index in [1.54, 1.807) is 48.5 Å².